The van der Waals surface area contributed by atoms with Crippen LogP contribution in [0.4, 0.5) is 4.79 Å². The second kappa shape index (κ2) is 6.76. The summed E-state index contributed by atoms with van der Waals surface area (Å²) in [5.41, 5.74) is 0. The van der Waals surface area contributed by atoms with Crippen molar-refractivity contribution in [2.45, 2.75) is 32.5 Å². The van der Waals surface area contributed by atoms with E-state index in [0.717, 1.165) is 9.21 Å². The van der Waals surface area contributed by atoms with Gasteiger partial charge in [0.25, 0.3) is 0 Å². The highest BCUT2D eigenvalue weighted by Crippen LogP contribution is 2.26. The van der Waals surface area contributed by atoms with Crippen molar-refractivity contribution in [3.05, 3.63) is 40.1 Å². The molecule has 0 aromatic carbocycles. The van der Waals surface area contributed by atoms with E-state index in [-0.39, 0.29) is 18.1 Å². The van der Waals surface area contributed by atoms with Crippen LogP contribution in [0.3, 0.4) is 0 Å². The van der Waals surface area contributed by atoms with Crippen LogP contribution in [0.25, 0.3) is 0 Å². The minimum Gasteiger partial charge on any atom is -0.335 e. The van der Waals surface area contributed by atoms with Crippen molar-refractivity contribution in [1.82, 2.24) is 20.2 Å². The minimum absolute atomic E-state index is 0.0170. The van der Waals surface area contributed by atoms with Gasteiger partial charge in [-0.05, 0) is 26.0 Å². The average molecular weight is 313 g/mol. The van der Waals surface area contributed by atoms with Crippen LogP contribution in [0, 0.1) is 0 Å². The molecule has 108 valence electrons. The smallest absolute Gasteiger partial charge is 0.315 e. The van der Waals surface area contributed by atoms with Crippen molar-refractivity contribution < 1.29 is 4.79 Å². The molecule has 0 aliphatic rings. The first-order valence-corrected chi connectivity index (χ1v) is 7.52. The lowest BCUT2D eigenvalue weighted by Crippen LogP contribution is -2.43. The molecule has 0 bridgehead atoms. The van der Waals surface area contributed by atoms with E-state index in [1.165, 1.54) is 11.3 Å². The monoisotopic (exact) mass is 312 g/mol. The summed E-state index contributed by atoms with van der Waals surface area (Å²) in [6, 6.07) is 3.53. The Morgan fingerprint density at radius 2 is 2.25 bits per heavy atom. The van der Waals surface area contributed by atoms with Crippen LogP contribution in [0.5, 0.6) is 0 Å². The molecule has 0 unspecified atom stereocenters. The van der Waals surface area contributed by atoms with Gasteiger partial charge in [-0.2, -0.15) is 0 Å². The van der Waals surface area contributed by atoms with Crippen molar-refractivity contribution >= 4 is 29.0 Å². The summed E-state index contributed by atoms with van der Waals surface area (Å²) in [4.78, 5) is 16.9. The number of rotatable bonds is 5. The zero-order valence-corrected chi connectivity index (χ0v) is 12.9. The second-order valence-electron chi connectivity index (χ2n) is 4.64. The molecule has 0 radical (unpaired) electrons. The van der Waals surface area contributed by atoms with Gasteiger partial charge in [0, 0.05) is 29.9 Å². The number of nitrogens with one attached hydrogen (secondary N) is 2. The van der Waals surface area contributed by atoms with Gasteiger partial charge in [-0.1, -0.05) is 11.6 Å². The van der Waals surface area contributed by atoms with Crippen LogP contribution in [-0.4, -0.2) is 21.6 Å². The normalized spacial score (nSPS) is 13.8. The summed E-state index contributed by atoms with van der Waals surface area (Å²) in [5, 5.41) is 5.80. The average Bonchev–Trinajstić information content (AvgIpc) is 3.00. The first kappa shape index (κ1) is 14.9. The van der Waals surface area contributed by atoms with E-state index in [2.05, 4.69) is 15.6 Å². The van der Waals surface area contributed by atoms with Gasteiger partial charge < -0.3 is 15.2 Å². The molecule has 5 nitrogen and oxygen atoms in total. The Hall–Kier alpha value is -1.53. The molecule has 2 amide bonds. The summed E-state index contributed by atoms with van der Waals surface area (Å²) < 4.78 is 2.65. The molecular formula is C13H17ClN4OS. The van der Waals surface area contributed by atoms with Crippen LogP contribution in [0.15, 0.2) is 30.9 Å². The molecule has 2 rings (SSSR count). The first-order chi connectivity index (χ1) is 9.54. The molecular weight excluding hydrogens is 296 g/mol. The third-order valence-corrected chi connectivity index (χ3v) is 4.20. The summed E-state index contributed by atoms with van der Waals surface area (Å²) >= 11 is 7.36. The second-order valence-corrected chi connectivity index (χ2v) is 6.39. The first-order valence-electron chi connectivity index (χ1n) is 6.32. The van der Waals surface area contributed by atoms with Gasteiger partial charge in [0.2, 0.25) is 0 Å². The zero-order valence-electron chi connectivity index (χ0n) is 11.3. The van der Waals surface area contributed by atoms with Gasteiger partial charge in [-0.25, -0.2) is 9.78 Å². The Morgan fingerprint density at radius 3 is 2.85 bits per heavy atom. The lowest BCUT2D eigenvalue weighted by molar-refractivity contribution is 0.233. The van der Waals surface area contributed by atoms with E-state index in [4.69, 9.17) is 11.6 Å². The van der Waals surface area contributed by atoms with Crippen molar-refractivity contribution in [1.29, 1.82) is 0 Å². The molecule has 2 aromatic heterocycles. The van der Waals surface area contributed by atoms with E-state index in [1.54, 1.807) is 12.5 Å². The Bertz CT molecular complexity index is 554. The topological polar surface area (TPSA) is 59.0 Å². The molecule has 20 heavy (non-hydrogen) atoms. The maximum absolute atomic E-state index is 11.9. The van der Waals surface area contributed by atoms with Gasteiger partial charge in [0.1, 0.15) is 0 Å². The number of imidazole rings is 1. The molecule has 0 saturated carbocycles. The third kappa shape index (κ3) is 4.25. The van der Waals surface area contributed by atoms with E-state index in [0.29, 0.717) is 6.54 Å². The fourth-order valence-corrected chi connectivity index (χ4v) is 2.91. The summed E-state index contributed by atoms with van der Waals surface area (Å²) in [6.07, 6.45) is 5.31. The SMILES string of the molecule is C[C@@H](Cn1ccnc1)NC(=O)N[C@H](C)c1ccc(Cl)s1. The lowest BCUT2D eigenvalue weighted by Gasteiger charge is -2.17. The Balaban J connectivity index is 1.80. The Kier molecular flexibility index (Phi) is 5.03. The standard InChI is InChI=1S/C13H17ClN4OS/c1-9(7-18-6-5-15-8-18)16-13(19)17-10(2)11-3-4-12(14)20-11/h3-6,8-10H,7H2,1-2H3,(H2,16,17,19)/t9-,10+/m0/s1. The molecule has 7 heteroatoms. The molecule has 0 aliphatic carbocycles. The number of halogens is 1. The number of aromatic nitrogens is 2. The van der Waals surface area contributed by atoms with Gasteiger partial charge in [-0.3, -0.25) is 0 Å². The van der Waals surface area contributed by atoms with Crippen LogP contribution < -0.4 is 10.6 Å². The maximum Gasteiger partial charge on any atom is 0.315 e. The number of urea groups is 1. The highest BCUT2D eigenvalue weighted by Gasteiger charge is 2.13. The third-order valence-electron chi connectivity index (χ3n) is 2.79. The molecule has 2 atom stereocenters. The van der Waals surface area contributed by atoms with E-state index in [1.807, 2.05) is 36.7 Å². The van der Waals surface area contributed by atoms with Crippen molar-refractivity contribution in [2.75, 3.05) is 0 Å². The predicted molar refractivity (Wildman–Crippen MR) is 81.1 cm³/mol. The number of thiophene rings is 1. The largest absolute Gasteiger partial charge is 0.335 e. The molecule has 0 aliphatic heterocycles. The van der Waals surface area contributed by atoms with Gasteiger partial charge >= 0.3 is 6.03 Å². The summed E-state index contributed by atoms with van der Waals surface area (Å²) in [7, 11) is 0. The number of amides is 2. The van der Waals surface area contributed by atoms with Crippen LogP contribution >= 0.6 is 22.9 Å². The number of nitrogens with zero attached hydrogens (tertiary/aromatic N) is 2. The summed E-state index contributed by atoms with van der Waals surface area (Å²) in [5.74, 6) is 0. The van der Waals surface area contributed by atoms with Crippen molar-refractivity contribution in [3.8, 4) is 0 Å². The highest BCUT2D eigenvalue weighted by molar-refractivity contribution is 7.16. The highest BCUT2D eigenvalue weighted by atomic mass is 35.5. The van der Waals surface area contributed by atoms with Crippen molar-refractivity contribution in [3.63, 3.8) is 0 Å². The van der Waals surface area contributed by atoms with Gasteiger partial charge in [-0.15, -0.1) is 11.3 Å². The van der Waals surface area contributed by atoms with E-state index < -0.39 is 0 Å². The summed E-state index contributed by atoms with van der Waals surface area (Å²) in [6.45, 7) is 4.57. The fourth-order valence-electron chi connectivity index (χ4n) is 1.85. The van der Waals surface area contributed by atoms with Crippen LogP contribution in [-0.2, 0) is 6.54 Å². The number of hydrogen-bond acceptors (Lipinski definition) is 3. The Morgan fingerprint density at radius 1 is 1.45 bits per heavy atom. The minimum atomic E-state index is -0.186. The van der Waals surface area contributed by atoms with E-state index in [9.17, 15) is 4.79 Å². The molecule has 2 N–H and O–H groups in total. The van der Waals surface area contributed by atoms with Crippen LogP contribution in [0.1, 0.15) is 24.8 Å². The Labute approximate surface area is 127 Å². The molecule has 0 spiro atoms. The molecule has 2 aromatic rings. The van der Waals surface area contributed by atoms with Crippen LogP contribution in [0.2, 0.25) is 4.34 Å². The van der Waals surface area contributed by atoms with Crippen molar-refractivity contribution in [2.24, 2.45) is 0 Å². The zero-order chi connectivity index (χ0) is 14.5. The number of carbonyl (C=O) groups is 1. The number of carbonyl (C=O) groups excluding carboxylic acids is 1. The number of hydrogen-bond donors (Lipinski definition) is 2. The molecule has 0 saturated heterocycles. The van der Waals surface area contributed by atoms with Gasteiger partial charge in [0.05, 0.1) is 16.7 Å². The molecule has 2 heterocycles. The predicted octanol–water partition coefficient (Wildman–Crippen LogP) is 3.05. The fraction of sp³-hybridized carbons (Fsp3) is 0.385. The molecule has 0 fully saturated rings. The van der Waals surface area contributed by atoms with E-state index >= 15 is 0 Å². The maximum atomic E-state index is 11.9. The quantitative estimate of drug-likeness (QED) is 0.891. The lowest BCUT2D eigenvalue weighted by atomic mass is 10.3. The van der Waals surface area contributed by atoms with Gasteiger partial charge in [0.15, 0.2) is 0 Å².